The summed E-state index contributed by atoms with van der Waals surface area (Å²) < 4.78 is 11.3. The molecule has 1 aliphatic rings. The molecule has 0 aromatic heterocycles. The first kappa shape index (κ1) is 23.1. The Labute approximate surface area is 189 Å². The van der Waals surface area contributed by atoms with E-state index in [-0.39, 0.29) is 17.7 Å². The molecule has 0 saturated carbocycles. The fourth-order valence-corrected chi connectivity index (χ4v) is 3.78. The molecule has 168 valence electrons. The van der Waals surface area contributed by atoms with Crippen molar-refractivity contribution in [3.8, 4) is 17.6 Å². The summed E-state index contributed by atoms with van der Waals surface area (Å²) in [6.45, 7) is 5.81. The van der Waals surface area contributed by atoms with Gasteiger partial charge in [0.1, 0.15) is 17.6 Å². The minimum absolute atomic E-state index is 0.0798. The zero-order valence-corrected chi connectivity index (χ0v) is 18.8. The first-order valence-electron chi connectivity index (χ1n) is 10.8. The van der Waals surface area contributed by atoms with Crippen LogP contribution in [0.25, 0.3) is 0 Å². The molecular formula is C25H29N3O4. The standard InChI is InChI=1S/C25H29N3O4/c1-18(2)23(32-21-11-6-4-9-19(21)17-26)25(30)28-14-8-13-27(15-16-28)24(29)20-10-5-7-12-22(20)31-3/h4-7,9-12,18,23H,8,13-16H2,1-3H3. The molecule has 0 radical (unpaired) electrons. The summed E-state index contributed by atoms with van der Waals surface area (Å²) >= 11 is 0. The molecule has 1 saturated heterocycles. The summed E-state index contributed by atoms with van der Waals surface area (Å²) in [5.74, 6) is 0.642. The van der Waals surface area contributed by atoms with Crippen molar-refractivity contribution in [1.29, 1.82) is 5.26 Å². The van der Waals surface area contributed by atoms with Gasteiger partial charge in [0.2, 0.25) is 0 Å². The van der Waals surface area contributed by atoms with Gasteiger partial charge in [0.05, 0.1) is 18.2 Å². The Morgan fingerprint density at radius 1 is 0.938 bits per heavy atom. The Morgan fingerprint density at radius 3 is 2.25 bits per heavy atom. The van der Waals surface area contributed by atoms with Crippen LogP contribution in [-0.2, 0) is 4.79 Å². The number of hydrogen-bond acceptors (Lipinski definition) is 5. The van der Waals surface area contributed by atoms with Gasteiger partial charge < -0.3 is 19.3 Å². The van der Waals surface area contributed by atoms with Crippen molar-refractivity contribution in [2.24, 2.45) is 5.92 Å². The van der Waals surface area contributed by atoms with Gasteiger partial charge >= 0.3 is 0 Å². The van der Waals surface area contributed by atoms with E-state index in [1.165, 1.54) is 0 Å². The maximum atomic E-state index is 13.3. The number of amides is 2. The average Bonchev–Trinajstić information content (AvgIpc) is 3.08. The largest absolute Gasteiger partial charge is 0.496 e. The third-order valence-corrected chi connectivity index (χ3v) is 5.54. The van der Waals surface area contributed by atoms with Gasteiger partial charge in [-0.15, -0.1) is 0 Å². The molecule has 3 rings (SSSR count). The Bertz CT molecular complexity index is 999. The van der Waals surface area contributed by atoms with Crippen LogP contribution in [0, 0.1) is 17.2 Å². The van der Waals surface area contributed by atoms with Crippen LogP contribution in [-0.4, -0.2) is 61.0 Å². The second-order valence-electron chi connectivity index (χ2n) is 8.06. The highest BCUT2D eigenvalue weighted by molar-refractivity contribution is 5.97. The second kappa shape index (κ2) is 10.7. The lowest BCUT2D eigenvalue weighted by atomic mass is 10.1. The first-order chi connectivity index (χ1) is 15.5. The number of nitrogens with zero attached hydrogens (tertiary/aromatic N) is 3. The van der Waals surface area contributed by atoms with Crippen LogP contribution in [0.5, 0.6) is 11.5 Å². The molecule has 32 heavy (non-hydrogen) atoms. The molecular weight excluding hydrogens is 406 g/mol. The number of hydrogen-bond donors (Lipinski definition) is 0. The van der Waals surface area contributed by atoms with Crippen LogP contribution in [0.2, 0.25) is 0 Å². The van der Waals surface area contributed by atoms with E-state index in [4.69, 9.17) is 9.47 Å². The van der Waals surface area contributed by atoms with Crippen molar-refractivity contribution in [2.75, 3.05) is 33.3 Å². The van der Waals surface area contributed by atoms with Crippen LogP contribution >= 0.6 is 0 Å². The smallest absolute Gasteiger partial charge is 0.263 e. The molecule has 1 heterocycles. The second-order valence-corrected chi connectivity index (χ2v) is 8.06. The number of carbonyl (C=O) groups excluding carboxylic acids is 2. The summed E-state index contributed by atoms with van der Waals surface area (Å²) in [6.07, 6.45) is -0.0346. The number of rotatable bonds is 6. The Balaban J connectivity index is 1.71. The van der Waals surface area contributed by atoms with Crippen LogP contribution in [0.3, 0.4) is 0 Å². The van der Waals surface area contributed by atoms with Gasteiger partial charge in [0.15, 0.2) is 6.10 Å². The summed E-state index contributed by atoms with van der Waals surface area (Å²) in [4.78, 5) is 29.9. The third kappa shape index (κ3) is 5.20. The molecule has 2 amide bonds. The van der Waals surface area contributed by atoms with Crippen molar-refractivity contribution in [3.05, 3.63) is 59.7 Å². The molecule has 1 atom stereocenters. The van der Waals surface area contributed by atoms with Crippen LogP contribution in [0.15, 0.2) is 48.5 Å². The summed E-state index contributed by atoms with van der Waals surface area (Å²) in [6, 6.07) is 16.2. The first-order valence-corrected chi connectivity index (χ1v) is 10.8. The minimum atomic E-state index is -0.707. The number of nitriles is 1. The van der Waals surface area contributed by atoms with Crippen LogP contribution in [0.1, 0.15) is 36.2 Å². The number of benzene rings is 2. The van der Waals surface area contributed by atoms with Crippen molar-refractivity contribution in [3.63, 3.8) is 0 Å². The Kier molecular flexibility index (Phi) is 7.72. The van der Waals surface area contributed by atoms with Gasteiger partial charge in [-0.05, 0) is 36.6 Å². The SMILES string of the molecule is COc1ccccc1C(=O)N1CCCN(C(=O)C(Oc2ccccc2C#N)C(C)C)CC1. The molecule has 7 heteroatoms. The van der Waals surface area contributed by atoms with Gasteiger partial charge in [-0.1, -0.05) is 38.1 Å². The van der Waals surface area contributed by atoms with E-state index in [0.29, 0.717) is 55.2 Å². The average molecular weight is 436 g/mol. The van der Waals surface area contributed by atoms with E-state index in [2.05, 4.69) is 6.07 Å². The molecule has 2 aromatic carbocycles. The molecule has 1 fully saturated rings. The lowest BCUT2D eigenvalue weighted by Gasteiger charge is -2.29. The van der Waals surface area contributed by atoms with E-state index in [9.17, 15) is 14.9 Å². The van der Waals surface area contributed by atoms with Gasteiger partial charge in [0, 0.05) is 26.2 Å². The fraction of sp³-hybridized carbons (Fsp3) is 0.400. The van der Waals surface area contributed by atoms with E-state index in [1.54, 1.807) is 53.3 Å². The number of carbonyl (C=O) groups is 2. The van der Waals surface area contributed by atoms with E-state index >= 15 is 0 Å². The number of methoxy groups -OCH3 is 1. The number of para-hydroxylation sites is 2. The summed E-state index contributed by atoms with van der Waals surface area (Å²) in [7, 11) is 1.55. The highest BCUT2D eigenvalue weighted by Gasteiger charge is 2.32. The van der Waals surface area contributed by atoms with Gasteiger partial charge in [-0.3, -0.25) is 9.59 Å². The summed E-state index contributed by atoms with van der Waals surface area (Å²) in [5, 5.41) is 9.34. The van der Waals surface area contributed by atoms with Crippen molar-refractivity contribution in [1.82, 2.24) is 9.80 Å². The van der Waals surface area contributed by atoms with Gasteiger partial charge in [-0.25, -0.2) is 0 Å². The molecule has 2 aromatic rings. The maximum Gasteiger partial charge on any atom is 0.263 e. The Morgan fingerprint density at radius 2 is 1.56 bits per heavy atom. The molecule has 0 aliphatic carbocycles. The zero-order valence-electron chi connectivity index (χ0n) is 18.8. The van der Waals surface area contributed by atoms with Crippen LogP contribution < -0.4 is 9.47 Å². The molecule has 7 nitrogen and oxygen atoms in total. The fourth-order valence-electron chi connectivity index (χ4n) is 3.78. The number of ether oxygens (including phenoxy) is 2. The Hall–Kier alpha value is -3.53. The van der Waals surface area contributed by atoms with Gasteiger partial charge in [0.25, 0.3) is 11.8 Å². The van der Waals surface area contributed by atoms with Crippen molar-refractivity contribution >= 4 is 11.8 Å². The van der Waals surface area contributed by atoms with Crippen molar-refractivity contribution in [2.45, 2.75) is 26.4 Å². The van der Waals surface area contributed by atoms with E-state index in [0.717, 1.165) is 0 Å². The lowest BCUT2D eigenvalue weighted by molar-refractivity contribution is -0.140. The third-order valence-electron chi connectivity index (χ3n) is 5.54. The quantitative estimate of drug-likeness (QED) is 0.695. The summed E-state index contributed by atoms with van der Waals surface area (Å²) in [5.41, 5.74) is 0.918. The molecule has 1 unspecified atom stereocenters. The van der Waals surface area contributed by atoms with Crippen molar-refractivity contribution < 1.29 is 19.1 Å². The highest BCUT2D eigenvalue weighted by atomic mass is 16.5. The predicted molar refractivity (Wildman–Crippen MR) is 121 cm³/mol. The molecule has 0 N–H and O–H groups in total. The van der Waals surface area contributed by atoms with Gasteiger partial charge in [-0.2, -0.15) is 5.26 Å². The molecule has 0 bridgehead atoms. The maximum absolute atomic E-state index is 13.3. The predicted octanol–water partition coefficient (Wildman–Crippen LogP) is 3.34. The van der Waals surface area contributed by atoms with Crippen LogP contribution in [0.4, 0.5) is 0 Å². The highest BCUT2D eigenvalue weighted by Crippen LogP contribution is 2.23. The molecule has 0 spiro atoms. The molecule has 1 aliphatic heterocycles. The monoisotopic (exact) mass is 435 g/mol. The van der Waals surface area contributed by atoms with E-state index < -0.39 is 6.10 Å². The topological polar surface area (TPSA) is 82.9 Å². The lowest BCUT2D eigenvalue weighted by Crippen LogP contribution is -2.46. The minimum Gasteiger partial charge on any atom is -0.496 e. The normalized spacial score (nSPS) is 15.0. The van der Waals surface area contributed by atoms with E-state index in [1.807, 2.05) is 26.0 Å². The zero-order chi connectivity index (χ0) is 23.1.